The first-order chi connectivity index (χ1) is 23.1. The topological polar surface area (TPSA) is 143 Å². The second-order valence-corrected chi connectivity index (χ2v) is 16.8. The molecule has 11 nitrogen and oxygen atoms in total. The molecule has 0 aromatic heterocycles. The van der Waals surface area contributed by atoms with Gasteiger partial charge in [0.1, 0.15) is 5.75 Å². The zero-order valence-electron chi connectivity index (χ0n) is 28.5. The third-order valence-corrected chi connectivity index (χ3v) is 12.1. The minimum Gasteiger partial charge on any atom is -0.490 e. The van der Waals surface area contributed by atoms with E-state index in [2.05, 4.69) is 4.72 Å². The van der Waals surface area contributed by atoms with E-state index in [1.807, 2.05) is 20.8 Å². The molecule has 4 atom stereocenters. The van der Waals surface area contributed by atoms with Crippen LogP contribution in [0.1, 0.15) is 56.0 Å². The summed E-state index contributed by atoms with van der Waals surface area (Å²) in [5.74, 6) is -0.574. The highest BCUT2D eigenvalue weighted by atomic mass is 35.5. The summed E-state index contributed by atoms with van der Waals surface area (Å²) in [6.45, 7) is 7.55. The van der Waals surface area contributed by atoms with Crippen LogP contribution in [0.5, 0.6) is 5.75 Å². The van der Waals surface area contributed by atoms with Gasteiger partial charge in [-0.1, -0.05) is 36.2 Å². The predicted molar refractivity (Wildman–Crippen MR) is 190 cm³/mol. The molecule has 2 N–H and O–H groups in total. The Morgan fingerprint density at radius 2 is 1.65 bits per heavy atom. The second kappa shape index (κ2) is 16.7. The molecule has 0 fully saturated rings. The van der Waals surface area contributed by atoms with Gasteiger partial charge >= 0.3 is 0 Å². The number of halogens is 1. The van der Waals surface area contributed by atoms with Crippen molar-refractivity contribution in [1.29, 1.82) is 0 Å². The number of ether oxygens (including phenoxy) is 2. The molecule has 0 spiro atoms. The number of likely N-dealkylation sites (N-methyl/N-ethyl adjacent to an activating group) is 1. The van der Waals surface area contributed by atoms with E-state index >= 15 is 0 Å². The fourth-order valence-corrected chi connectivity index (χ4v) is 7.88. The molecule has 0 bridgehead atoms. The fourth-order valence-electron chi connectivity index (χ4n) is 5.52. The number of fused-ring (bicyclic) bond motifs is 1. The van der Waals surface area contributed by atoms with Gasteiger partial charge in [-0.05, 0) is 94.6 Å². The van der Waals surface area contributed by atoms with Crippen LogP contribution in [0.3, 0.4) is 0 Å². The van der Waals surface area contributed by atoms with E-state index in [9.17, 15) is 26.7 Å². The van der Waals surface area contributed by atoms with Crippen LogP contribution < -0.4 is 9.46 Å². The molecule has 0 saturated carbocycles. The maximum atomic E-state index is 14.4. The molecule has 1 aliphatic rings. The summed E-state index contributed by atoms with van der Waals surface area (Å²) in [7, 11) is -6.32. The molecule has 3 aromatic carbocycles. The molecule has 0 aliphatic carbocycles. The summed E-state index contributed by atoms with van der Waals surface area (Å²) in [5, 5.41) is 10.6. The van der Waals surface area contributed by atoms with E-state index in [0.717, 1.165) is 12.0 Å². The highest BCUT2D eigenvalue weighted by Gasteiger charge is 2.32. The van der Waals surface area contributed by atoms with Crippen LogP contribution in [-0.4, -0.2) is 88.7 Å². The van der Waals surface area contributed by atoms with Crippen LogP contribution in [0.2, 0.25) is 5.02 Å². The fraction of sp³-hybridized carbons (Fsp3) is 0.457. The molecule has 1 amide bonds. The Hall–Kier alpha value is -3.20. The smallest absolute Gasteiger partial charge is 0.261 e. The number of carbonyl (C=O) groups excluding carboxylic acids is 1. The summed E-state index contributed by atoms with van der Waals surface area (Å²) >= 11 is 5.94. The normalized spacial score (nSPS) is 20.6. The van der Waals surface area contributed by atoms with Crippen molar-refractivity contribution in [2.24, 2.45) is 5.92 Å². The molecule has 0 unspecified atom stereocenters. The zero-order chi connectivity index (χ0) is 35.9. The quantitative estimate of drug-likeness (QED) is 0.291. The standard InChI is InChI=1S/C35H46ClN3O8S2/c1-24-9-14-31(15-10-24)49(44,45)38(5)22-34-25(2)21-39(26(3)23-40)35(41)32-20-29(37-48(42,43)30-16-11-28(36)12-17-30)13-18-33(32)47-27(4)8-6-7-19-46-34/h9-18,20,25-27,34,37,40H,6-8,19,21-23H2,1-5H3/t25-,26+,27+,34-/m1/s1. The molecule has 0 radical (unpaired) electrons. The predicted octanol–water partition coefficient (Wildman–Crippen LogP) is 5.57. The van der Waals surface area contributed by atoms with Crippen LogP contribution in [0.25, 0.3) is 0 Å². The number of anilines is 1. The van der Waals surface area contributed by atoms with E-state index in [0.29, 0.717) is 24.5 Å². The molecular formula is C35H46ClN3O8S2. The number of nitrogens with one attached hydrogen (secondary N) is 1. The Morgan fingerprint density at radius 1 is 1.00 bits per heavy atom. The molecule has 0 saturated heterocycles. The Balaban J connectivity index is 1.67. The first-order valence-electron chi connectivity index (χ1n) is 16.3. The first-order valence-corrected chi connectivity index (χ1v) is 19.6. The molecule has 1 aliphatic heterocycles. The van der Waals surface area contributed by atoms with Crippen molar-refractivity contribution in [2.45, 2.75) is 75.0 Å². The minimum atomic E-state index is -4.01. The van der Waals surface area contributed by atoms with Gasteiger partial charge in [-0.25, -0.2) is 16.8 Å². The van der Waals surface area contributed by atoms with Gasteiger partial charge in [-0.2, -0.15) is 4.31 Å². The SMILES string of the molecule is Cc1ccc(S(=O)(=O)N(C)C[C@H]2OCCCC[C@H](C)Oc3ccc(NS(=O)(=O)c4ccc(Cl)cc4)cc3C(=O)N([C@@H](C)CO)C[C@H]2C)cc1. The highest BCUT2D eigenvalue weighted by molar-refractivity contribution is 7.92. The molecule has 4 rings (SSSR count). The average molecular weight is 736 g/mol. The lowest BCUT2D eigenvalue weighted by atomic mass is 10.0. The Labute approximate surface area is 295 Å². The van der Waals surface area contributed by atoms with Crippen LogP contribution in [0.4, 0.5) is 5.69 Å². The number of amides is 1. The third-order valence-electron chi connectivity index (χ3n) is 8.59. The van der Waals surface area contributed by atoms with Gasteiger partial charge in [-0.15, -0.1) is 0 Å². The maximum Gasteiger partial charge on any atom is 0.261 e. The monoisotopic (exact) mass is 735 g/mol. The van der Waals surface area contributed by atoms with Crippen molar-refractivity contribution in [1.82, 2.24) is 9.21 Å². The van der Waals surface area contributed by atoms with Gasteiger partial charge in [0, 0.05) is 43.4 Å². The number of rotatable bonds is 9. The maximum absolute atomic E-state index is 14.4. The van der Waals surface area contributed by atoms with Crippen molar-refractivity contribution < 1.29 is 36.2 Å². The Morgan fingerprint density at radius 3 is 2.31 bits per heavy atom. The Bertz CT molecular complexity index is 1790. The lowest BCUT2D eigenvalue weighted by molar-refractivity contribution is -0.00833. The van der Waals surface area contributed by atoms with Gasteiger partial charge in [-0.3, -0.25) is 9.52 Å². The number of sulfonamides is 2. The van der Waals surface area contributed by atoms with Crippen LogP contribution >= 0.6 is 11.6 Å². The van der Waals surface area contributed by atoms with Crippen molar-refractivity contribution in [3.63, 3.8) is 0 Å². The third kappa shape index (κ3) is 9.95. The average Bonchev–Trinajstić information content (AvgIpc) is 3.06. The number of aliphatic hydroxyl groups excluding tert-OH is 1. The number of hydrogen-bond acceptors (Lipinski definition) is 8. The molecule has 268 valence electrons. The van der Waals surface area contributed by atoms with Gasteiger partial charge < -0.3 is 19.5 Å². The summed E-state index contributed by atoms with van der Waals surface area (Å²) in [4.78, 5) is 16.0. The van der Waals surface area contributed by atoms with Crippen molar-refractivity contribution in [3.05, 3.63) is 82.9 Å². The van der Waals surface area contributed by atoms with Gasteiger partial charge in [0.05, 0.1) is 40.2 Å². The molecular weight excluding hydrogens is 690 g/mol. The number of nitrogens with zero attached hydrogens (tertiary/aromatic N) is 2. The molecule has 1 heterocycles. The van der Waals surface area contributed by atoms with E-state index < -0.39 is 38.1 Å². The summed E-state index contributed by atoms with van der Waals surface area (Å²) in [5.41, 5.74) is 1.21. The Kier molecular flexibility index (Phi) is 13.1. The minimum absolute atomic E-state index is 0.00191. The first kappa shape index (κ1) is 38.6. The van der Waals surface area contributed by atoms with E-state index in [-0.39, 0.29) is 58.5 Å². The molecule has 3 aromatic rings. The molecule has 49 heavy (non-hydrogen) atoms. The van der Waals surface area contributed by atoms with E-state index in [1.54, 1.807) is 37.3 Å². The van der Waals surface area contributed by atoms with Crippen molar-refractivity contribution in [2.75, 3.05) is 38.1 Å². The van der Waals surface area contributed by atoms with E-state index in [4.69, 9.17) is 21.1 Å². The highest BCUT2D eigenvalue weighted by Crippen LogP contribution is 2.30. The number of aliphatic hydroxyl groups is 1. The van der Waals surface area contributed by atoms with Gasteiger partial charge in [0.25, 0.3) is 15.9 Å². The van der Waals surface area contributed by atoms with Crippen molar-refractivity contribution in [3.8, 4) is 5.75 Å². The van der Waals surface area contributed by atoms with Gasteiger partial charge in [0.15, 0.2) is 0 Å². The van der Waals surface area contributed by atoms with Crippen LogP contribution in [0.15, 0.2) is 76.5 Å². The second-order valence-electron chi connectivity index (χ2n) is 12.7. The number of benzene rings is 3. The summed E-state index contributed by atoms with van der Waals surface area (Å²) in [6, 6.07) is 16.2. The summed E-state index contributed by atoms with van der Waals surface area (Å²) in [6.07, 6.45) is 1.26. The lowest BCUT2D eigenvalue weighted by Gasteiger charge is -2.35. The van der Waals surface area contributed by atoms with E-state index in [1.165, 1.54) is 52.7 Å². The summed E-state index contributed by atoms with van der Waals surface area (Å²) < 4.78 is 69.6. The van der Waals surface area contributed by atoms with Gasteiger partial charge in [0.2, 0.25) is 10.0 Å². The molecule has 14 heteroatoms. The number of hydrogen-bond donors (Lipinski definition) is 2. The van der Waals surface area contributed by atoms with Crippen molar-refractivity contribution >= 4 is 43.2 Å². The zero-order valence-corrected chi connectivity index (χ0v) is 30.9. The lowest BCUT2D eigenvalue weighted by Crippen LogP contribution is -2.48. The van der Waals surface area contributed by atoms with Crippen LogP contribution in [-0.2, 0) is 24.8 Å². The number of aryl methyl sites for hydroxylation is 1. The van der Waals surface area contributed by atoms with Crippen LogP contribution in [0, 0.1) is 12.8 Å². The largest absolute Gasteiger partial charge is 0.490 e. The number of carbonyl (C=O) groups is 1.